The molecule has 2 heterocycles. The average molecular weight is 441 g/mol. The number of fused-ring (bicyclic) bond motifs is 1. The summed E-state index contributed by atoms with van der Waals surface area (Å²) in [6, 6.07) is 15.3. The van der Waals surface area contributed by atoms with Gasteiger partial charge in [-0.25, -0.2) is 18.4 Å². The van der Waals surface area contributed by atoms with Crippen LogP contribution in [0.15, 0.2) is 53.9 Å². The number of sulfone groups is 1. The normalized spacial score (nSPS) is 11.7. The van der Waals surface area contributed by atoms with Gasteiger partial charge in [-0.05, 0) is 19.1 Å². The monoisotopic (exact) mass is 440 g/mol. The van der Waals surface area contributed by atoms with Gasteiger partial charge in [-0.15, -0.1) is 11.3 Å². The van der Waals surface area contributed by atoms with Gasteiger partial charge in [0.25, 0.3) is 0 Å². The zero-order valence-corrected chi connectivity index (χ0v) is 18.1. The molecule has 9 heteroatoms. The Hall–Kier alpha value is -3.04. The highest BCUT2D eigenvalue weighted by molar-refractivity contribution is 7.89. The predicted octanol–water partition coefficient (Wildman–Crippen LogP) is 3.65. The van der Waals surface area contributed by atoms with Crippen molar-refractivity contribution in [3.63, 3.8) is 0 Å². The van der Waals surface area contributed by atoms with E-state index in [0.717, 1.165) is 17.5 Å². The van der Waals surface area contributed by atoms with E-state index in [0.29, 0.717) is 22.0 Å². The number of imidazole rings is 1. The average Bonchev–Trinajstić information content (AvgIpc) is 3.26. The number of hydrogen-bond acceptors (Lipinski definition) is 6. The first-order valence-electron chi connectivity index (χ1n) is 9.23. The lowest BCUT2D eigenvalue weighted by atomic mass is 10.1. The van der Waals surface area contributed by atoms with E-state index in [4.69, 9.17) is 0 Å². The van der Waals surface area contributed by atoms with Crippen LogP contribution in [0, 0.1) is 6.92 Å². The van der Waals surface area contributed by atoms with E-state index < -0.39 is 9.84 Å². The molecule has 0 saturated carbocycles. The molecule has 0 unspecified atom stereocenters. The topological polar surface area (TPSA) is 94.0 Å². The molecule has 0 aliphatic rings. The lowest BCUT2D eigenvalue weighted by molar-refractivity contribution is -0.116. The summed E-state index contributed by atoms with van der Waals surface area (Å²) < 4.78 is 25.2. The Morgan fingerprint density at radius 2 is 1.83 bits per heavy atom. The fourth-order valence-electron chi connectivity index (χ4n) is 3.14. The van der Waals surface area contributed by atoms with Crippen molar-refractivity contribution in [2.24, 2.45) is 0 Å². The van der Waals surface area contributed by atoms with Crippen molar-refractivity contribution in [1.82, 2.24) is 14.5 Å². The maximum atomic E-state index is 12.7. The smallest absolute Gasteiger partial charge is 0.246 e. The van der Waals surface area contributed by atoms with Crippen molar-refractivity contribution < 1.29 is 13.2 Å². The second-order valence-electron chi connectivity index (χ2n) is 7.13. The summed E-state index contributed by atoms with van der Waals surface area (Å²) in [4.78, 5) is 21.6. The van der Waals surface area contributed by atoms with Gasteiger partial charge in [-0.2, -0.15) is 0 Å². The molecule has 4 aromatic rings. The molecule has 0 fully saturated rings. The maximum absolute atomic E-state index is 12.7. The van der Waals surface area contributed by atoms with E-state index in [9.17, 15) is 13.2 Å². The van der Waals surface area contributed by atoms with Crippen molar-refractivity contribution >= 4 is 43.2 Å². The molecule has 0 radical (unpaired) electrons. The lowest BCUT2D eigenvalue weighted by Gasteiger charge is -2.08. The number of benzene rings is 2. The number of hydrogen-bond donors (Lipinski definition) is 1. The molecule has 0 atom stereocenters. The minimum absolute atomic E-state index is 0.0508. The number of anilines is 1. The molecule has 0 bridgehead atoms. The zero-order valence-electron chi connectivity index (χ0n) is 16.5. The van der Waals surface area contributed by atoms with Gasteiger partial charge in [-0.3, -0.25) is 4.79 Å². The van der Waals surface area contributed by atoms with E-state index in [2.05, 4.69) is 15.3 Å². The first-order chi connectivity index (χ1) is 14.3. The van der Waals surface area contributed by atoms with E-state index >= 15 is 0 Å². The molecule has 2 aromatic heterocycles. The minimum Gasteiger partial charge on any atom is -0.318 e. The number of aromatic nitrogens is 3. The second-order valence-corrected chi connectivity index (χ2v) is 10.1. The molecule has 30 heavy (non-hydrogen) atoms. The van der Waals surface area contributed by atoms with Crippen LogP contribution in [0.1, 0.15) is 11.4 Å². The summed E-state index contributed by atoms with van der Waals surface area (Å²) in [6.45, 7) is 1.97. The van der Waals surface area contributed by atoms with E-state index in [1.807, 2.05) is 54.8 Å². The van der Waals surface area contributed by atoms with Gasteiger partial charge < -0.3 is 9.88 Å². The van der Waals surface area contributed by atoms with Gasteiger partial charge in [0.15, 0.2) is 15.0 Å². The summed E-state index contributed by atoms with van der Waals surface area (Å²) in [5, 5.41) is 5.19. The molecule has 1 N–H and O–H groups in total. The van der Waals surface area contributed by atoms with Crippen molar-refractivity contribution in [2.75, 3.05) is 11.6 Å². The Morgan fingerprint density at radius 1 is 1.10 bits per heavy atom. The van der Waals surface area contributed by atoms with Crippen LogP contribution in [-0.4, -0.2) is 35.1 Å². The van der Waals surface area contributed by atoms with Gasteiger partial charge in [0.2, 0.25) is 5.91 Å². The molecule has 7 nitrogen and oxygen atoms in total. The van der Waals surface area contributed by atoms with Crippen molar-refractivity contribution in [2.45, 2.75) is 19.2 Å². The van der Waals surface area contributed by atoms with Crippen LogP contribution < -0.4 is 5.32 Å². The highest BCUT2D eigenvalue weighted by Crippen LogP contribution is 2.25. The first-order valence-corrected chi connectivity index (χ1v) is 12.2. The fourth-order valence-corrected chi connectivity index (χ4v) is 4.56. The van der Waals surface area contributed by atoms with E-state index in [-0.39, 0.29) is 18.2 Å². The molecule has 0 saturated heterocycles. The quantitative estimate of drug-likeness (QED) is 0.494. The van der Waals surface area contributed by atoms with Gasteiger partial charge in [0.05, 0.1) is 16.7 Å². The molecular formula is C21H20N4O3S2. The molecule has 0 aliphatic carbocycles. The molecule has 2 aromatic carbocycles. The Balaban J connectivity index is 1.55. The van der Waals surface area contributed by atoms with Crippen LogP contribution in [0.2, 0.25) is 0 Å². The molecule has 0 spiro atoms. The highest BCUT2D eigenvalue weighted by atomic mass is 32.2. The van der Waals surface area contributed by atoms with Gasteiger partial charge in [-0.1, -0.05) is 42.0 Å². The number of thiazole rings is 1. The van der Waals surface area contributed by atoms with Crippen molar-refractivity contribution in [3.05, 3.63) is 65.3 Å². The SMILES string of the molecule is Cc1ccc(-c2csc(NC(=O)Cn3c(CS(C)(=O)=O)nc4ccccc43)n2)cc1. The highest BCUT2D eigenvalue weighted by Gasteiger charge is 2.18. The van der Waals surface area contributed by atoms with Crippen LogP contribution in [0.5, 0.6) is 0 Å². The van der Waals surface area contributed by atoms with E-state index in [1.54, 1.807) is 10.6 Å². The summed E-state index contributed by atoms with van der Waals surface area (Å²) in [6.07, 6.45) is 1.15. The van der Waals surface area contributed by atoms with Gasteiger partial charge in [0.1, 0.15) is 18.1 Å². The number of rotatable bonds is 6. The Kier molecular flexibility index (Phi) is 5.40. The number of amides is 1. The number of carbonyl (C=O) groups is 1. The molecule has 4 rings (SSSR count). The summed E-state index contributed by atoms with van der Waals surface area (Å²) in [7, 11) is -3.30. The predicted molar refractivity (Wildman–Crippen MR) is 119 cm³/mol. The van der Waals surface area contributed by atoms with E-state index in [1.165, 1.54) is 16.9 Å². The molecule has 1 amide bonds. The third kappa shape index (κ3) is 4.58. The zero-order chi connectivity index (χ0) is 21.3. The Bertz CT molecular complexity index is 1320. The summed E-state index contributed by atoms with van der Waals surface area (Å²) in [5.41, 5.74) is 4.31. The van der Waals surface area contributed by atoms with Gasteiger partial charge in [0, 0.05) is 17.2 Å². The van der Waals surface area contributed by atoms with Crippen LogP contribution in [-0.2, 0) is 26.9 Å². The maximum Gasteiger partial charge on any atom is 0.246 e. The van der Waals surface area contributed by atoms with Crippen LogP contribution in [0.25, 0.3) is 22.3 Å². The molecule has 0 aliphatic heterocycles. The Morgan fingerprint density at radius 3 is 2.57 bits per heavy atom. The molecule has 154 valence electrons. The number of nitrogens with zero attached hydrogens (tertiary/aromatic N) is 3. The summed E-state index contributed by atoms with van der Waals surface area (Å²) in [5.74, 6) is -0.185. The summed E-state index contributed by atoms with van der Waals surface area (Å²) >= 11 is 1.34. The number of para-hydroxylation sites is 2. The van der Waals surface area contributed by atoms with Crippen LogP contribution in [0.4, 0.5) is 5.13 Å². The fraction of sp³-hybridized carbons (Fsp3) is 0.190. The molecular weight excluding hydrogens is 420 g/mol. The number of carbonyl (C=O) groups excluding carboxylic acids is 1. The minimum atomic E-state index is -3.30. The lowest BCUT2D eigenvalue weighted by Crippen LogP contribution is -2.21. The number of aryl methyl sites for hydroxylation is 1. The third-order valence-electron chi connectivity index (χ3n) is 4.52. The Labute approximate surface area is 178 Å². The number of nitrogens with one attached hydrogen (secondary N) is 1. The van der Waals surface area contributed by atoms with Crippen molar-refractivity contribution in [1.29, 1.82) is 0 Å². The van der Waals surface area contributed by atoms with Crippen LogP contribution in [0.3, 0.4) is 0 Å². The first kappa shape index (κ1) is 20.2. The van der Waals surface area contributed by atoms with Crippen LogP contribution >= 0.6 is 11.3 Å². The standard InChI is InChI=1S/C21H20N4O3S2/c1-14-7-9-15(10-8-14)17-12-29-21(23-17)24-20(26)11-25-18-6-4-3-5-16(18)22-19(25)13-30(2,27)28/h3-10,12H,11,13H2,1-2H3,(H,23,24,26). The van der Waals surface area contributed by atoms with Gasteiger partial charge >= 0.3 is 0 Å². The largest absolute Gasteiger partial charge is 0.318 e. The van der Waals surface area contributed by atoms with Crippen molar-refractivity contribution in [3.8, 4) is 11.3 Å². The third-order valence-corrected chi connectivity index (χ3v) is 6.06. The second kappa shape index (κ2) is 8.00.